The van der Waals surface area contributed by atoms with E-state index in [1.165, 1.54) is 11.0 Å². The number of hydrogen-bond acceptors (Lipinski definition) is 4. The second-order valence-electron chi connectivity index (χ2n) is 6.28. The van der Waals surface area contributed by atoms with Crippen LogP contribution in [0.1, 0.15) is 22.7 Å². The van der Waals surface area contributed by atoms with Crippen LogP contribution in [-0.4, -0.2) is 40.2 Å². The zero-order chi connectivity index (χ0) is 18.8. The van der Waals surface area contributed by atoms with E-state index in [-0.39, 0.29) is 24.7 Å². The number of phenolic OH excluding ortho intramolecular Hbond substituents is 1. The van der Waals surface area contributed by atoms with Crippen molar-refractivity contribution in [2.75, 3.05) is 18.8 Å². The number of nitrogens with one attached hydrogen (secondary N) is 1. The van der Waals surface area contributed by atoms with Crippen molar-refractivity contribution >= 4 is 23.5 Å². The summed E-state index contributed by atoms with van der Waals surface area (Å²) in [4.78, 5) is 16.1. The molecule has 0 aliphatic carbocycles. The summed E-state index contributed by atoms with van der Waals surface area (Å²) in [6.45, 7) is 3.71. The number of rotatable bonds is 4. The molecule has 1 aromatic carbocycles. The number of nitrogens with two attached hydrogens (primary N) is 2. The summed E-state index contributed by atoms with van der Waals surface area (Å²) in [6, 6.07) is 8.42. The summed E-state index contributed by atoms with van der Waals surface area (Å²) in [5.74, 6) is -0.374. The number of H-pyrrole nitrogens is 1. The standard InChI is InChI=1S/C19H21FN4O2/c1-2-18(26)24-9-13(14(20)10-24)16-8-11(19(22)23-16)7-15(21)12-5-3-4-6-17(12)25/h2-8,13-14,23,25H,1,9-10,21-22H2/b15-7-. The Labute approximate surface area is 150 Å². The van der Waals surface area contributed by atoms with Gasteiger partial charge in [-0.25, -0.2) is 4.39 Å². The molecule has 0 radical (unpaired) electrons. The van der Waals surface area contributed by atoms with Crippen molar-refractivity contribution < 1.29 is 14.3 Å². The monoisotopic (exact) mass is 356 g/mol. The van der Waals surface area contributed by atoms with Gasteiger partial charge in [0.15, 0.2) is 0 Å². The lowest BCUT2D eigenvalue weighted by Gasteiger charge is -2.12. The minimum atomic E-state index is -1.19. The average molecular weight is 356 g/mol. The van der Waals surface area contributed by atoms with Gasteiger partial charge in [0.05, 0.1) is 6.54 Å². The van der Waals surface area contributed by atoms with Crippen LogP contribution in [0, 0.1) is 0 Å². The number of phenols is 1. The molecule has 7 heteroatoms. The maximum atomic E-state index is 14.4. The van der Waals surface area contributed by atoms with E-state index in [4.69, 9.17) is 11.5 Å². The van der Waals surface area contributed by atoms with Crippen molar-refractivity contribution in [2.45, 2.75) is 12.1 Å². The van der Waals surface area contributed by atoms with Crippen molar-refractivity contribution in [3.05, 3.63) is 59.8 Å². The largest absolute Gasteiger partial charge is 0.507 e. The number of halogens is 1. The van der Waals surface area contributed by atoms with Gasteiger partial charge in [0, 0.05) is 35.0 Å². The molecule has 1 aromatic heterocycles. The summed E-state index contributed by atoms with van der Waals surface area (Å²) in [6.07, 6.45) is 1.61. The first-order valence-corrected chi connectivity index (χ1v) is 8.20. The molecule has 2 unspecified atom stereocenters. The maximum absolute atomic E-state index is 14.4. The highest BCUT2D eigenvalue weighted by Crippen LogP contribution is 2.33. The number of alkyl halides is 1. The summed E-state index contributed by atoms with van der Waals surface area (Å²) < 4.78 is 14.4. The molecule has 6 nitrogen and oxygen atoms in total. The van der Waals surface area contributed by atoms with E-state index in [9.17, 15) is 14.3 Å². The van der Waals surface area contributed by atoms with E-state index in [2.05, 4.69) is 11.6 Å². The molecule has 6 N–H and O–H groups in total. The van der Waals surface area contributed by atoms with Crippen LogP contribution >= 0.6 is 0 Å². The molecule has 2 heterocycles. The molecule has 0 spiro atoms. The Balaban J connectivity index is 1.86. The summed E-state index contributed by atoms with van der Waals surface area (Å²) in [7, 11) is 0. The lowest BCUT2D eigenvalue weighted by atomic mass is 10.0. The first kappa shape index (κ1) is 17.6. The number of nitrogen functional groups attached to an aromatic ring is 1. The Hall–Kier alpha value is -3.22. The van der Waals surface area contributed by atoms with Gasteiger partial charge < -0.3 is 26.5 Å². The summed E-state index contributed by atoms with van der Waals surface area (Å²) in [5, 5.41) is 9.89. The van der Waals surface area contributed by atoms with Gasteiger partial charge in [-0.1, -0.05) is 18.7 Å². The molecular weight excluding hydrogens is 335 g/mol. The number of aromatic nitrogens is 1. The number of aromatic amines is 1. The lowest BCUT2D eigenvalue weighted by molar-refractivity contribution is -0.125. The summed E-state index contributed by atoms with van der Waals surface area (Å²) in [5.41, 5.74) is 14.1. The number of para-hydroxylation sites is 1. The molecule has 1 aliphatic heterocycles. The van der Waals surface area contributed by atoms with E-state index in [0.29, 0.717) is 28.3 Å². The quantitative estimate of drug-likeness (QED) is 0.630. The van der Waals surface area contributed by atoms with Gasteiger partial charge in [0.1, 0.15) is 17.7 Å². The molecule has 136 valence electrons. The van der Waals surface area contributed by atoms with Crippen molar-refractivity contribution in [1.29, 1.82) is 0 Å². The van der Waals surface area contributed by atoms with Crippen LogP contribution in [0.3, 0.4) is 0 Å². The zero-order valence-electron chi connectivity index (χ0n) is 14.2. The van der Waals surface area contributed by atoms with E-state index >= 15 is 0 Å². The maximum Gasteiger partial charge on any atom is 0.246 e. The van der Waals surface area contributed by atoms with Gasteiger partial charge in [0.2, 0.25) is 5.91 Å². The number of aromatic hydroxyl groups is 1. The van der Waals surface area contributed by atoms with E-state index in [0.717, 1.165) is 0 Å². The Morgan fingerprint density at radius 2 is 2.12 bits per heavy atom. The van der Waals surface area contributed by atoms with Gasteiger partial charge in [-0.05, 0) is 30.4 Å². The first-order chi connectivity index (χ1) is 12.4. The number of benzene rings is 1. The highest BCUT2D eigenvalue weighted by atomic mass is 19.1. The Kier molecular flexibility index (Phi) is 4.71. The smallest absolute Gasteiger partial charge is 0.246 e. The van der Waals surface area contributed by atoms with Gasteiger partial charge in [-0.15, -0.1) is 0 Å². The van der Waals surface area contributed by atoms with Crippen LogP contribution in [0.4, 0.5) is 10.2 Å². The minimum absolute atomic E-state index is 0.0274. The van der Waals surface area contributed by atoms with E-state index in [1.807, 2.05) is 0 Å². The SMILES string of the molecule is C=CC(=O)N1CC(F)C(c2cc(/C=C(\N)c3ccccc3O)c(N)[nH]2)C1. The van der Waals surface area contributed by atoms with Crippen LogP contribution in [0.2, 0.25) is 0 Å². The number of carbonyl (C=O) groups is 1. The number of carbonyl (C=O) groups excluding carboxylic acids is 1. The topological polar surface area (TPSA) is 108 Å². The minimum Gasteiger partial charge on any atom is -0.507 e. The molecule has 1 amide bonds. The fourth-order valence-corrected chi connectivity index (χ4v) is 3.16. The molecule has 1 aliphatic rings. The van der Waals surface area contributed by atoms with Crippen molar-refractivity contribution in [3.63, 3.8) is 0 Å². The van der Waals surface area contributed by atoms with Gasteiger partial charge in [-0.3, -0.25) is 4.79 Å². The predicted octanol–water partition coefficient (Wildman–Crippen LogP) is 2.21. The van der Waals surface area contributed by atoms with E-state index in [1.54, 1.807) is 36.4 Å². The molecule has 1 saturated heterocycles. The highest BCUT2D eigenvalue weighted by Gasteiger charge is 2.36. The third kappa shape index (κ3) is 3.28. The average Bonchev–Trinajstić information content (AvgIpc) is 3.17. The van der Waals surface area contributed by atoms with Gasteiger partial charge >= 0.3 is 0 Å². The molecule has 26 heavy (non-hydrogen) atoms. The second kappa shape index (κ2) is 6.95. The molecule has 0 saturated carbocycles. The third-order valence-corrected chi connectivity index (χ3v) is 4.56. The van der Waals surface area contributed by atoms with Gasteiger partial charge in [-0.2, -0.15) is 0 Å². The Bertz CT molecular complexity index is 874. The molecular formula is C19H21FN4O2. The number of anilines is 1. The van der Waals surface area contributed by atoms with Crippen LogP contribution < -0.4 is 11.5 Å². The zero-order valence-corrected chi connectivity index (χ0v) is 14.2. The molecule has 1 fully saturated rings. The number of likely N-dealkylation sites (tertiary alicyclic amines) is 1. The Morgan fingerprint density at radius 1 is 1.38 bits per heavy atom. The number of amides is 1. The third-order valence-electron chi connectivity index (χ3n) is 4.56. The fourth-order valence-electron chi connectivity index (χ4n) is 3.16. The number of nitrogens with zero attached hydrogens (tertiary/aromatic N) is 1. The second-order valence-corrected chi connectivity index (χ2v) is 6.28. The first-order valence-electron chi connectivity index (χ1n) is 8.20. The van der Waals surface area contributed by atoms with Gasteiger partial charge in [0.25, 0.3) is 0 Å². The normalized spacial score (nSPS) is 20.3. The van der Waals surface area contributed by atoms with E-state index < -0.39 is 12.1 Å². The van der Waals surface area contributed by atoms with Crippen LogP contribution in [0.5, 0.6) is 5.75 Å². The Morgan fingerprint density at radius 3 is 2.81 bits per heavy atom. The number of hydrogen-bond donors (Lipinski definition) is 4. The van der Waals surface area contributed by atoms with Crippen molar-refractivity contribution in [2.24, 2.45) is 5.73 Å². The molecule has 2 aromatic rings. The fraction of sp³-hybridized carbons (Fsp3) is 0.211. The molecule has 0 bridgehead atoms. The highest BCUT2D eigenvalue weighted by molar-refractivity contribution is 5.87. The predicted molar refractivity (Wildman–Crippen MR) is 99.8 cm³/mol. The van der Waals surface area contributed by atoms with Crippen molar-refractivity contribution in [3.8, 4) is 5.75 Å². The van der Waals surface area contributed by atoms with Crippen LogP contribution in [0.25, 0.3) is 11.8 Å². The summed E-state index contributed by atoms with van der Waals surface area (Å²) >= 11 is 0. The van der Waals surface area contributed by atoms with Crippen LogP contribution in [0.15, 0.2) is 43.0 Å². The lowest BCUT2D eigenvalue weighted by Crippen LogP contribution is -2.27. The molecule has 3 rings (SSSR count). The molecule has 2 atom stereocenters. The van der Waals surface area contributed by atoms with Crippen LogP contribution in [-0.2, 0) is 4.79 Å². The van der Waals surface area contributed by atoms with Crippen molar-refractivity contribution in [1.82, 2.24) is 9.88 Å².